The van der Waals surface area contributed by atoms with E-state index in [0.717, 1.165) is 31.1 Å². The van der Waals surface area contributed by atoms with Crippen molar-refractivity contribution in [2.45, 2.75) is 38.3 Å². The van der Waals surface area contributed by atoms with Crippen LogP contribution in [0.15, 0.2) is 42.9 Å². The molecule has 1 aliphatic heterocycles. The SMILES string of the molecule is COc1ccccc1[C@H](CN[C@H](C)c1cnccn1)N1CCCCC1. The Bertz CT molecular complexity index is 643. The molecule has 0 spiro atoms. The van der Waals surface area contributed by atoms with Crippen LogP contribution in [-0.4, -0.2) is 41.6 Å². The maximum absolute atomic E-state index is 5.63. The number of piperidine rings is 1. The molecule has 1 saturated heterocycles. The molecule has 5 heteroatoms. The Morgan fingerprint density at radius 2 is 1.96 bits per heavy atom. The van der Waals surface area contributed by atoms with Crippen LogP contribution in [0.5, 0.6) is 5.75 Å². The van der Waals surface area contributed by atoms with Crippen molar-refractivity contribution >= 4 is 0 Å². The van der Waals surface area contributed by atoms with E-state index in [2.05, 4.69) is 45.3 Å². The van der Waals surface area contributed by atoms with Gasteiger partial charge in [-0.05, 0) is 38.9 Å². The van der Waals surface area contributed by atoms with Gasteiger partial charge in [0.2, 0.25) is 0 Å². The van der Waals surface area contributed by atoms with Crippen LogP contribution in [-0.2, 0) is 0 Å². The molecule has 1 N–H and O–H groups in total. The first-order chi connectivity index (χ1) is 12.3. The molecule has 1 fully saturated rings. The highest BCUT2D eigenvalue weighted by molar-refractivity contribution is 5.36. The second-order valence-electron chi connectivity index (χ2n) is 6.61. The normalized spacial score (nSPS) is 17.8. The molecule has 1 aromatic heterocycles. The summed E-state index contributed by atoms with van der Waals surface area (Å²) in [4.78, 5) is 11.2. The second kappa shape index (κ2) is 8.92. The van der Waals surface area contributed by atoms with E-state index in [9.17, 15) is 0 Å². The molecule has 0 saturated carbocycles. The Morgan fingerprint density at radius 3 is 2.68 bits per heavy atom. The molecule has 2 aromatic rings. The third-order valence-corrected chi connectivity index (χ3v) is 4.97. The summed E-state index contributed by atoms with van der Waals surface area (Å²) < 4.78 is 5.63. The maximum atomic E-state index is 5.63. The van der Waals surface area contributed by atoms with Crippen molar-refractivity contribution in [1.29, 1.82) is 0 Å². The van der Waals surface area contributed by atoms with Crippen molar-refractivity contribution in [2.24, 2.45) is 0 Å². The molecule has 0 amide bonds. The molecular weight excluding hydrogens is 312 g/mol. The van der Waals surface area contributed by atoms with E-state index in [-0.39, 0.29) is 6.04 Å². The molecule has 0 aliphatic carbocycles. The lowest BCUT2D eigenvalue weighted by Crippen LogP contribution is -2.40. The maximum Gasteiger partial charge on any atom is 0.123 e. The molecule has 134 valence electrons. The predicted molar refractivity (Wildman–Crippen MR) is 99.6 cm³/mol. The van der Waals surface area contributed by atoms with E-state index >= 15 is 0 Å². The number of aromatic nitrogens is 2. The molecule has 1 aliphatic rings. The number of hydrogen-bond acceptors (Lipinski definition) is 5. The number of methoxy groups -OCH3 is 1. The van der Waals surface area contributed by atoms with Gasteiger partial charge in [-0.2, -0.15) is 0 Å². The summed E-state index contributed by atoms with van der Waals surface area (Å²) in [7, 11) is 1.75. The van der Waals surface area contributed by atoms with Crippen LogP contribution >= 0.6 is 0 Å². The molecule has 5 nitrogen and oxygen atoms in total. The van der Waals surface area contributed by atoms with Gasteiger partial charge in [0.15, 0.2) is 0 Å². The summed E-state index contributed by atoms with van der Waals surface area (Å²) in [6.45, 7) is 5.28. The average molecular weight is 340 g/mol. The van der Waals surface area contributed by atoms with Crippen molar-refractivity contribution in [2.75, 3.05) is 26.7 Å². The van der Waals surface area contributed by atoms with Crippen molar-refractivity contribution in [3.63, 3.8) is 0 Å². The van der Waals surface area contributed by atoms with Crippen LogP contribution in [0, 0.1) is 0 Å². The first kappa shape index (κ1) is 17.8. The third kappa shape index (κ3) is 4.55. The summed E-state index contributed by atoms with van der Waals surface area (Å²) in [6, 6.07) is 8.84. The zero-order valence-electron chi connectivity index (χ0n) is 15.2. The number of likely N-dealkylation sites (tertiary alicyclic amines) is 1. The number of nitrogens with zero attached hydrogens (tertiary/aromatic N) is 3. The van der Waals surface area contributed by atoms with Gasteiger partial charge < -0.3 is 10.1 Å². The zero-order valence-corrected chi connectivity index (χ0v) is 15.2. The Hall–Kier alpha value is -1.98. The van der Waals surface area contributed by atoms with E-state index in [1.54, 1.807) is 19.5 Å². The molecule has 0 radical (unpaired) electrons. The van der Waals surface area contributed by atoms with Crippen LogP contribution in [0.3, 0.4) is 0 Å². The molecule has 2 heterocycles. The van der Waals surface area contributed by atoms with Crippen LogP contribution < -0.4 is 10.1 Å². The van der Waals surface area contributed by atoms with E-state index < -0.39 is 0 Å². The molecule has 3 rings (SSSR count). The highest BCUT2D eigenvalue weighted by Crippen LogP contribution is 2.31. The van der Waals surface area contributed by atoms with Crippen molar-refractivity contribution in [3.05, 3.63) is 54.1 Å². The van der Waals surface area contributed by atoms with Crippen molar-refractivity contribution < 1.29 is 4.74 Å². The summed E-state index contributed by atoms with van der Waals surface area (Å²) >= 11 is 0. The summed E-state index contributed by atoms with van der Waals surface area (Å²) in [5, 5.41) is 3.65. The third-order valence-electron chi connectivity index (χ3n) is 4.97. The molecule has 0 unspecified atom stereocenters. The Labute approximate surface area is 150 Å². The van der Waals surface area contributed by atoms with Crippen molar-refractivity contribution in [1.82, 2.24) is 20.2 Å². The fraction of sp³-hybridized carbons (Fsp3) is 0.500. The topological polar surface area (TPSA) is 50.3 Å². The first-order valence-electron chi connectivity index (χ1n) is 9.16. The van der Waals surface area contributed by atoms with Gasteiger partial charge >= 0.3 is 0 Å². The standard InChI is InChI=1S/C20H28N4O/c1-16(18-14-21-10-11-22-18)23-15-19(24-12-6-3-7-13-24)17-8-4-5-9-20(17)25-2/h4-5,8-11,14,16,19,23H,3,6-7,12-13,15H2,1-2H3/t16-,19+/m1/s1. The van der Waals surface area contributed by atoms with Gasteiger partial charge in [0.1, 0.15) is 5.75 Å². The summed E-state index contributed by atoms with van der Waals surface area (Å²) in [5.41, 5.74) is 2.23. The molecular formula is C20H28N4O. The minimum absolute atomic E-state index is 0.163. The van der Waals surface area contributed by atoms with E-state index in [1.807, 2.05) is 12.3 Å². The highest BCUT2D eigenvalue weighted by Gasteiger charge is 2.25. The lowest BCUT2D eigenvalue weighted by atomic mass is 10.00. The number of para-hydroxylation sites is 1. The van der Waals surface area contributed by atoms with E-state index in [0.29, 0.717) is 6.04 Å². The van der Waals surface area contributed by atoms with Crippen LogP contribution in [0.2, 0.25) is 0 Å². The fourth-order valence-electron chi connectivity index (χ4n) is 3.53. The number of hydrogen-bond donors (Lipinski definition) is 1. The van der Waals surface area contributed by atoms with E-state index in [4.69, 9.17) is 4.74 Å². The fourth-order valence-corrected chi connectivity index (χ4v) is 3.53. The van der Waals surface area contributed by atoms with Crippen LogP contribution in [0.4, 0.5) is 0 Å². The first-order valence-corrected chi connectivity index (χ1v) is 9.16. The number of rotatable bonds is 7. The number of ether oxygens (including phenoxy) is 1. The Kier molecular flexibility index (Phi) is 6.36. The smallest absolute Gasteiger partial charge is 0.123 e. The Morgan fingerprint density at radius 1 is 1.16 bits per heavy atom. The van der Waals surface area contributed by atoms with Gasteiger partial charge in [-0.1, -0.05) is 24.6 Å². The largest absolute Gasteiger partial charge is 0.496 e. The number of nitrogens with one attached hydrogen (secondary N) is 1. The highest BCUT2D eigenvalue weighted by atomic mass is 16.5. The molecule has 0 bridgehead atoms. The second-order valence-corrected chi connectivity index (χ2v) is 6.61. The van der Waals surface area contributed by atoms with Crippen molar-refractivity contribution in [3.8, 4) is 5.75 Å². The molecule has 2 atom stereocenters. The van der Waals surface area contributed by atoms with Crippen LogP contribution in [0.25, 0.3) is 0 Å². The zero-order chi connectivity index (χ0) is 17.5. The van der Waals surface area contributed by atoms with Gasteiger partial charge in [0.05, 0.1) is 18.8 Å². The van der Waals surface area contributed by atoms with Crippen LogP contribution in [0.1, 0.15) is 49.5 Å². The average Bonchev–Trinajstić information content (AvgIpc) is 2.70. The molecule has 25 heavy (non-hydrogen) atoms. The summed E-state index contributed by atoms with van der Waals surface area (Å²) in [5.74, 6) is 0.965. The predicted octanol–water partition coefficient (Wildman–Crippen LogP) is 3.36. The quantitative estimate of drug-likeness (QED) is 0.837. The summed E-state index contributed by atoms with van der Waals surface area (Å²) in [6.07, 6.45) is 9.16. The Balaban J connectivity index is 1.76. The number of benzene rings is 1. The monoisotopic (exact) mass is 340 g/mol. The van der Waals surface area contributed by atoms with Gasteiger partial charge in [-0.25, -0.2) is 0 Å². The van der Waals surface area contributed by atoms with Gasteiger partial charge in [0.25, 0.3) is 0 Å². The van der Waals surface area contributed by atoms with Gasteiger partial charge in [-0.3, -0.25) is 14.9 Å². The lowest BCUT2D eigenvalue weighted by Gasteiger charge is -2.36. The minimum Gasteiger partial charge on any atom is -0.496 e. The molecule has 1 aromatic carbocycles. The lowest BCUT2D eigenvalue weighted by molar-refractivity contribution is 0.155. The van der Waals surface area contributed by atoms with Gasteiger partial charge in [-0.15, -0.1) is 0 Å². The van der Waals surface area contributed by atoms with E-state index in [1.165, 1.54) is 24.8 Å². The minimum atomic E-state index is 0.163. The van der Waals surface area contributed by atoms with Gasteiger partial charge in [0, 0.05) is 36.7 Å².